The van der Waals surface area contributed by atoms with Crippen molar-refractivity contribution in [1.82, 2.24) is 0 Å². The summed E-state index contributed by atoms with van der Waals surface area (Å²) in [6, 6.07) is 21.9. The van der Waals surface area contributed by atoms with Crippen LogP contribution >= 0.6 is 0 Å². The van der Waals surface area contributed by atoms with Crippen LogP contribution in [0.4, 0.5) is 0 Å². The smallest absolute Gasteiger partial charge is 0.137 e. The number of furan rings is 1. The SMILES string of the molecule is CCc1ccc(C(O)c2ccc(-c3ccccc3)cc2)o1. The number of rotatable bonds is 4. The van der Waals surface area contributed by atoms with E-state index in [4.69, 9.17) is 4.42 Å². The van der Waals surface area contributed by atoms with Crippen LogP contribution in [0.25, 0.3) is 11.1 Å². The van der Waals surface area contributed by atoms with Crippen molar-refractivity contribution in [3.8, 4) is 11.1 Å². The molecule has 0 saturated carbocycles. The molecule has 0 aliphatic rings. The Hall–Kier alpha value is -2.32. The Balaban J connectivity index is 1.83. The van der Waals surface area contributed by atoms with E-state index in [1.165, 1.54) is 5.56 Å². The van der Waals surface area contributed by atoms with Crippen LogP contribution in [0, 0.1) is 0 Å². The molecule has 2 nitrogen and oxygen atoms in total. The van der Waals surface area contributed by atoms with E-state index in [9.17, 15) is 5.11 Å². The molecular weight excluding hydrogens is 260 g/mol. The van der Waals surface area contributed by atoms with E-state index in [0.717, 1.165) is 23.3 Å². The molecule has 1 atom stereocenters. The number of hydrogen-bond acceptors (Lipinski definition) is 2. The van der Waals surface area contributed by atoms with E-state index in [0.29, 0.717) is 5.76 Å². The Morgan fingerprint density at radius 2 is 1.52 bits per heavy atom. The van der Waals surface area contributed by atoms with Gasteiger partial charge in [-0.2, -0.15) is 0 Å². The summed E-state index contributed by atoms with van der Waals surface area (Å²) in [6.45, 7) is 2.03. The molecule has 0 spiro atoms. The number of aliphatic hydroxyl groups excluding tert-OH is 1. The van der Waals surface area contributed by atoms with E-state index in [2.05, 4.69) is 12.1 Å². The van der Waals surface area contributed by atoms with Crippen LogP contribution in [0.2, 0.25) is 0 Å². The number of aliphatic hydroxyl groups is 1. The van der Waals surface area contributed by atoms with Crippen molar-refractivity contribution in [2.24, 2.45) is 0 Å². The Morgan fingerprint density at radius 3 is 2.14 bits per heavy atom. The fourth-order valence-electron chi connectivity index (χ4n) is 2.38. The molecule has 106 valence electrons. The highest BCUT2D eigenvalue weighted by molar-refractivity contribution is 5.63. The lowest BCUT2D eigenvalue weighted by atomic mass is 10.0. The lowest BCUT2D eigenvalue weighted by Gasteiger charge is -2.09. The molecule has 0 bridgehead atoms. The summed E-state index contributed by atoms with van der Waals surface area (Å²) in [4.78, 5) is 0. The fraction of sp³-hybridized carbons (Fsp3) is 0.158. The third-order valence-corrected chi connectivity index (χ3v) is 3.63. The van der Waals surface area contributed by atoms with Gasteiger partial charge < -0.3 is 9.52 Å². The lowest BCUT2D eigenvalue weighted by Crippen LogP contribution is -1.97. The summed E-state index contributed by atoms with van der Waals surface area (Å²) in [6.07, 6.45) is 0.120. The van der Waals surface area contributed by atoms with Gasteiger partial charge in [0.2, 0.25) is 0 Å². The van der Waals surface area contributed by atoms with Gasteiger partial charge in [-0.15, -0.1) is 0 Å². The zero-order chi connectivity index (χ0) is 14.7. The third-order valence-electron chi connectivity index (χ3n) is 3.63. The van der Waals surface area contributed by atoms with Gasteiger partial charge in [-0.05, 0) is 28.8 Å². The average molecular weight is 278 g/mol. The minimum atomic E-state index is -0.713. The van der Waals surface area contributed by atoms with E-state index in [1.807, 2.05) is 61.5 Å². The molecule has 3 aromatic rings. The normalized spacial score (nSPS) is 12.3. The topological polar surface area (TPSA) is 33.4 Å². The van der Waals surface area contributed by atoms with Crippen LogP contribution in [0.3, 0.4) is 0 Å². The van der Waals surface area contributed by atoms with Gasteiger partial charge >= 0.3 is 0 Å². The molecule has 0 radical (unpaired) electrons. The molecule has 1 heterocycles. The molecule has 0 amide bonds. The van der Waals surface area contributed by atoms with Gasteiger partial charge in [0.1, 0.15) is 17.6 Å². The van der Waals surface area contributed by atoms with E-state index < -0.39 is 6.10 Å². The maximum Gasteiger partial charge on any atom is 0.137 e. The number of aryl methyl sites for hydroxylation is 1. The van der Waals surface area contributed by atoms with Crippen molar-refractivity contribution < 1.29 is 9.52 Å². The second kappa shape index (κ2) is 5.98. The van der Waals surface area contributed by atoms with Gasteiger partial charge in [-0.3, -0.25) is 0 Å². The fourth-order valence-corrected chi connectivity index (χ4v) is 2.38. The minimum Gasteiger partial charge on any atom is -0.463 e. The maximum absolute atomic E-state index is 10.4. The second-order valence-corrected chi connectivity index (χ2v) is 5.05. The second-order valence-electron chi connectivity index (χ2n) is 5.05. The molecule has 1 aromatic heterocycles. The summed E-state index contributed by atoms with van der Waals surface area (Å²) in [5.74, 6) is 1.49. The van der Waals surface area contributed by atoms with Gasteiger partial charge in [-0.1, -0.05) is 61.5 Å². The first-order valence-corrected chi connectivity index (χ1v) is 7.20. The summed E-state index contributed by atoms with van der Waals surface area (Å²) in [5, 5.41) is 10.4. The molecule has 3 rings (SSSR count). The van der Waals surface area contributed by atoms with Gasteiger partial charge in [0.05, 0.1) is 0 Å². The van der Waals surface area contributed by atoms with Crippen LogP contribution in [0.15, 0.2) is 71.1 Å². The molecule has 0 fully saturated rings. The predicted octanol–water partition coefficient (Wildman–Crippen LogP) is 4.59. The monoisotopic (exact) mass is 278 g/mol. The largest absolute Gasteiger partial charge is 0.463 e. The summed E-state index contributed by atoms with van der Waals surface area (Å²) < 4.78 is 5.61. The van der Waals surface area contributed by atoms with Crippen molar-refractivity contribution in [1.29, 1.82) is 0 Å². The first-order valence-electron chi connectivity index (χ1n) is 7.20. The number of hydrogen-bond donors (Lipinski definition) is 1. The van der Waals surface area contributed by atoms with Gasteiger partial charge in [0.25, 0.3) is 0 Å². The average Bonchev–Trinajstić information content (AvgIpc) is 3.04. The molecule has 1 unspecified atom stereocenters. The minimum absolute atomic E-state index is 0.597. The summed E-state index contributed by atoms with van der Waals surface area (Å²) >= 11 is 0. The van der Waals surface area contributed by atoms with Crippen LogP contribution < -0.4 is 0 Å². The maximum atomic E-state index is 10.4. The third kappa shape index (κ3) is 2.91. The first-order chi connectivity index (χ1) is 10.3. The Labute approximate surface area is 124 Å². The molecule has 2 heteroatoms. The van der Waals surface area contributed by atoms with Gasteiger partial charge in [0.15, 0.2) is 0 Å². The zero-order valence-corrected chi connectivity index (χ0v) is 12.0. The number of benzene rings is 2. The van der Waals surface area contributed by atoms with Crippen molar-refractivity contribution in [2.45, 2.75) is 19.4 Å². The summed E-state index contributed by atoms with van der Waals surface area (Å²) in [5.41, 5.74) is 3.15. The molecular formula is C19H18O2. The van der Waals surface area contributed by atoms with Crippen molar-refractivity contribution >= 4 is 0 Å². The van der Waals surface area contributed by atoms with E-state index in [-0.39, 0.29) is 0 Å². The first kappa shape index (κ1) is 13.7. The van der Waals surface area contributed by atoms with Crippen LogP contribution in [0.5, 0.6) is 0 Å². The van der Waals surface area contributed by atoms with Crippen molar-refractivity contribution in [3.05, 3.63) is 83.8 Å². The molecule has 0 aliphatic carbocycles. The van der Waals surface area contributed by atoms with Crippen LogP contribution in [0.1, 0.15) is 30.1 Å². The highest BCUT2D eigenvalue weighted by Crippen LogP contribution is 2.26. The molecule has 1 N–H and O–H groups in total. The van der Waals surface area contributed by atoms with E-state index in [1.54, 1.807) is 0 Å². The zero-order valence-electron chi connectivity index (χ0n) is 12.0. The van der Waals surface area contributed by atoms with Crippen LogP contribution in [-0.2, 0) is 6.42 Å². The highest BCUT2D eigenvalue weighted by Gasteiger charge is 2.14. The molecule has 0 saturated heterocycles. The Morgan fingerprint density at radius 1 is 0.857 bits per heavy atom. The Bertz CT molecular complexity index is 696. The summed E-state index contributed by atoms with van der Waals surface area (Å²) in [7, 11) is 0. The molecule has 0 aliphatic heterocycles. The molecule has 2 aromatic carbocycles. The van der Waals surface area contributed by atoms with Crippen LogP contribution in [-0.4, -0.2) is 5.11 Å². The molecule has 21 heavy (non-hydrogen) atoms. The lowest BCUT2D eigenvalue weighted by molar-refractivity contribution is 0.187. The predicted molar refractivity (Wildman–Crippen MR) is 84.0 cm³/mol. The van der Waals surface area contributed by atoms with Crippen molar-refractivity contribution in [2.75, 3.05) is 0 Å². The quantitative estimate of drug-likeness (QED) is 0.757. The van der Waals surface area contributed by atoms with E-state index >= 15 is 0 Å². The van der Waals surface area contributed by atoms with Gasteiger partial charge in [-0.25, -0.2) is 0 Å². The highest BCUT2D eigenvalue weighted by atomic mass is 16.4. The Kier molecular flexibility index (Phi) is 3.89. The van der Waals surface area contributed by atoms with Gasteiger partial charge in [0, 0.05) is 6.42 Å². The van der Waals surface area contributed by atoms with Crippen molar-refractivity contribution in [3.63, 3.8) is 0 Å². The standard InChI is InChI=1S/C19H18O2/c1-2-17-12-13-18(21-17)19(20)16-10-8-15(9-11-16)14-6-4-3-5-7-14/h3-13,19-20H,2H2,1H3.